The quantitative estimate of drug-likeness (QED) is 0.750. The second kappa shape index (κ2) is 4.62. The molecule has 0 bridgehead atoms. The number of amides is 1. The fraction of sp³-hybridized carbons (Fsp3) is 0.917. The summed E-state index contributed by atoms with van der Waals surface area (Å²) in [5.41, 5.74) is 0.170. The third kappa shape index (κ3) is 2.32. The molecule has 2 rings (SSSR count). The van der Waals surface area contributed by atoms with E-state index >= 15 is 0 Å². The fourth-order valence-corrected chi connectivity index (χ4v) is 2.81. The molecule has 0 aromatic rings. The van der Waals surface area contributed by atoms with E-state index in [1.54, 1.807) is 0 Å². The summed E-state index contributed by atoms with van der Waals surface area (Å²) in [6.45, 7) is 7.22. The molecule has 0 saturated carbocycles. The largest absolute Gasteiger partial charge is 0.446 e. The summed E-state index contributed by atoms with van der Waals surface area (Å²) in [5.74, 6) is 0.572. The van der Waals surface area contributed by atoms with Gasteiger partial charge in [-0.15, -0.1) is 0 Å². The van der Waals surface area contributed by atoms with E-state index < -0.39 is 0 Å². The molecule has 0 aromatic heterocycles. The van der Waals surface area contributed by atoms with Crippen molar-refractivity contribution in [1.29, 1.82) is 0 Å². The molecular formula is C12H22N2O2. The van der Waals surface area contributed by atoms with Crippen molar-refractivity contribution in [3.63, 3.8) is 0 Å². The van der Waals surface area contributed by atoms with E-state index in [0.29, 0.717) is 5.92 Å². The SMILES string of the molecule is CC(C)CC1OC(=O)NCC12CCNCC2. The van der Waals surface area contributed by atoms with Gasteiger partial charge in [0.15, 0.2) is 0 Å². The third-order valence-corrected chi connectivity index (χ3v) is 3.80. The first-order chi connectivity index (χ1) is 7.62. The molecule has 1 amide bonds. The number of hydrogen-bond donors (Lipinski definition) is 2. The van der Waals surface area contributed by atoms with Gasteiger partial charge in [0, 0.05) is 12.0 Å². The maximum atomic E-state index is 11.3. The molecule has 92 valence electrons. The highest BCUT2D eigenvalue weighted by Crippen LogP contribution is 2.38. The topological polar surface area (TPSA) is 50.4 Å². The van der Waals surface area contributed by atoms with E-state index in [-0.39, 0.29) is 17.6 Å². The molecule has 4 heteroatoms. The lowest BCUT2D eigenvalue weighted by atomic mass is 9.71. The van der Waals surface area contributed by atoms with Crippen LogP contribution in [0.25, 0.3) is 0 Å². The Morgan fingerprint density at radius 1 is 1.44 bits per heavy atom. The monoisotopic (exact) mass is 226 g/mol. The first kappa shape index (κ1) is 11.7. The summed E-state index contributed by atoms with van der Waals surface area (Å²) < 4.78 is 5.51. The molecule has 2 aliphatic heterocycles. The number of rotatable bonds is 2. The summed E-state index contributed by atoms with van der Waals surface area (Å²) in [4.78, 5) is 11.3. The highest BCUT2D eigenvalue weighted by molar-refractivity contribution is 5.68. The maximum Gasteiger partial charge on any atom is 0.407 e. The number of carbonyl (C=O) groups is 1. The molecule has 0 radical (unpaired) electrons. The average Bonchev–Trinajstić information content (AvgIpc) is 2.25. The second-order valence-electron chi connectivity index (χ2n) is 5.49. The maximum absolute atomic E-state index is 11.3. The predicted octanol–water partition coefficient (Wildman–Crippen LogP) is 1.51. The highest BCUT2D eigenvalue weighted by atomic mass is 16.6. The zero-order valence-corrected chi connectivity index (χ0v) is 10.2. The Kier molecular flexibility index (Phi) is 3.38. The number of alkyl carbamates (subject to hydrolysis) is 1. The second-order valence-corrected chi connectivity index (χ2v) is 5.49. The van der Waals surface area contributed by atoms with Crippen molar-refractivity contribution in [2.75, 3.05) is 19.6 Å². The number of cyclic esters (lactones) is 1. The van der Waals surface area contributed by atoms with Gasteiger partial charge >= 0.3 is 6.09 Å². The molecule has 0 aliphatic carbocycles. The number of hydrogen-bond acceptors (Lipinski definition) is 3. The van der Waals surface area contributed by atoms with Crippen LogP contribution in [-0.4, -0.2) is 31.8 Å². The van der Waals surface area contributed by atoms with Crippen molar-refractivity contribution in [2.24, 2.45) is 11.3 Å². The van der Waals surface area contributed by atoms with Gasteiger partial charge in [0.1, 0.15) is 6.10 Å². The van der Waals surface area contributed by atoms with Crippen molar-refractivity contribution in [2.45, 2.75) is 39.2 Å². The Morgan fingerprint density at radius 3 is 2.75 bits per heavy atom. The molecule has 2 N–H and O–H groups in total. The number of piperidine rings is 1. The first-order valence-electron chi connectivity index (χ1n) is 6.28. The minimum atomic E-state index is -0.241. The van der Waals surface area contributed by atoms with Gasteiger partial charge in [-0.3, -0.25) is 0 Å². The molecule has 2 heterocycles. The van der Waals surface area contributed by atoms with Crippen molar-refractivity contribution in [3.8, 4) is 0 Å². The number of carbonyl (C=O) groups excluding carboxylic acids is 1. The first-order valence-corrected chi connectivity index (χ1v) is 6.28. The molecule has 4 nitrogen and oxygen atoms in total. The van der Waals surface area contributed by atoms with Crippen molar-refractivity contribution in [1.82, 2.24) is 10.6 Å². The smallest absolute Gasteiger partial charge is 0.407 e. The zero-order chi connectivity index (χ0) is 11.6. The lowest BCUT2D eigenvalue weighted by Gasteiger charge is -2.46. The van der Waals surface area contributed by atoms with Gasteiger partial charge in [0.05, 0.1) is 0 Å². The lowest BCUT2D eigenvalue weighted by molar-refractivity contribution is -0.0481. The Morgan fingerprint density at radius 2 is 2.12 bits per heavy atom. The van der Waals surface area contributed by atoms with Gasteiger partial charge in [-0.25, -0.2) is 4.79 Å². The molecular weight excluding hydrogens is 204 g/mol. The highest BCUT2D eigenvalue weighted by Gasteiger charge is 2.45. The summed E-state index contributed by atoms with van der Waals surface area (Å²) in [6.07, 6.45) is 3.04. The van der Waals surface area contributed by atoms with Crippen LogP contribution in [0.1, 0.15) is 33.1 Å². The summed E-state index contributed by atoms with van der Waals surface area (Å²) in [5, 5.41) is 6.23. The van der Waals surface area contributed by atoms with E-state index in [4.69, 9.17) is 4.74 Å². The van der Waals surface area contributed by atoms with E-state index in [9.17, 15) is 4.79 Å². The number of nitrogens with one attached hydrogen (secondary N) is 2. The van der Waals surface area contributed by atoms with Crippen LogP contribution < -0.4 is 10.6 Å². The molecule has 1 unspecified atom stereocenters. The van der Waals surface area contributed by atoms with Crippen LogP contribution in [-0.2, 0) is 4.74 Å². The molecule has 0 aromatic carbocycles. The van der Waals surface area contributed by atoms with Crippen LogP contribution in [0.3, 0.4) is 0 Å². The fourth-order valence-electron chi connectivity index (χ4n) is 2.81. The van der Waals surface area contributed by atoms with Crippen LogP contribution in [0.15, 0.2) is 0 Å². The lowest BCUT2D eigenvalue weighted by Crippen LogP contribution is -2.57. The predicted molar refractivity (Wildman–Crippen MR) is 62.3 cm³/mol. The summed E-state index contributed by atoms with van der Waals surface area (Å²) >= 11 is 0. The minimum absolute atomic E-state index is 0.100. The van der Waals surface area contributed by atoms with Crippen molar-refractivity contribution < 1.29 is 9.53 Å². The zero-order valence-electron chi connectivity index (χ0n) is 10.2. The molecule has 2 saturated heterocycles. The minimum Gasteiger partial charge on any atom is -0.446 e. The van der Waals surface area contributed by atoms with Gasteiger partial charge in [0.2, 0.25) is 0 Å². The van der Waals surface area contributed by atoms with E-state index in [1.165, 1.54) is 0 Å². The number of ether oxygens (including phenoxy) is 1. The standard InChI is InChI=1S/C12H22N2O2/c1-9(2)7-10-12(3-5-13-6-4-12)8-14-11(15)16-10/h9-10,13H,3-8H2,1-2H3,(H,14,15). The van der Waals surface area contributed by atoms with E-state index in [2.05, 4.69) is 24.5 Å². The Hall–Kier alpha value is -0.770. The normalized spacial score (nSPS) is 28.9. The Labute approximate surface area is 97.1 Å². The van der Waals surface area contributed by atoms with Gasteiger partial charge in [-0.05, 0) is 38.3 Å². The molecule has 2 fully saturated rings. The van der Waals surface area contributed by atoms with Gasteiger partial charge < -0.3 is 15.4 Å². The van der Waals surface area contributed by atoms with Gasteiger partial charge in [-0.2, -0.15) is 0 Å². The molecule has 1 atom stereocenters. The Balaban J connectivity index is 2.09. The van der Waals surface area contributed by atoms with Crippen molar-refractivity contribution >= 4 is 6.09 Å². The summed E-state index contributed by atoms with van der Waals surface area (Å²) in [6, 6.07) is 0. The van der Waals surface area contributed by atoms with Crippen LogP contribution in [0, 0.1) is 11.3 Å². The van der Waals surface area contributed by atoms with Crippen LogP contribution in [0.4, 0.5) is 4.79 Å². The Bertz CT molecular complexity index is 260. The molecule has 1 spiro atoms. The van der Waals surface area contributed by atoms with E-state index in [0.717, 1.165) is 38.9 Å². The van der Waals surface area contributed by atoms with E-state index in [1.807, 2.05) is 0 Å². The van der Waals surface area contributed by atoms with Gasteiger partial charge in [0.25, 0.3) is 0 Å². The molecule has 16 heavy (non-hydrogen) atoms. The van der Waals surface area contributed by atoms with Gasteiger partial charge in [-0.1, -0.05) is 13.8 Å². The molecule has 2 aliphatic rings. The van der Waals surface area contributed by atoms with Crippen LogP contribution in [0.5, 0.6) is 0 Å². The third-order valence-electron chi connectivity index (χ3n) is 3.80. The average molecular weight is 226 g/mol. The van der Waals surface area contributed by atoms with Crippen molar-refractivity contribution in [3.05, 3.63) is 0 Å². The summed E-state index contributed by atoms with van der Waals surface area (Å²) in [7, 11) is 0. The van der Waals surface area contributed by atoms with Crippen LogP contribution in [0.2, 0.25) is 0 Å². The van der Waals surface area contributed by atoms with Crippen LogP contribution >= 0.6 is 0 Å².